The molecule has 2 heterocycles. The van der Waals surface area contributed by atoms with Crippen LogP contribution in [0.3, 0.4) is 0 Å². The van der Waals surface area contributed by atoms with Gasteiger partial charge in [-0.2, -0.15) is 0 Å². The summed E-state index contributed by atoms with van der Waals surface area (Å²) in [6, 6.07) is 6.11. The Hall–Kier alpha value is -2.37. The highest BCUT2D eigenvalue weighted by molar-refractivity contribution is 7.85. The van der Waals surface area contributed by atoms with Crippen molar-refractivity contribution in [1.29, 1.82) is 0 Å². The summed E-state index contributed by atoms with van der Waals surface area (Å²) in [5.74, 6) is -6.85. The van der Waals surface area contributed by atoms with Gasteiger partial charge in [0.2, 0.25) is 0 Å². The molecule has 5 nitrogen and oxygen atoms in total. The maximum Gasteiger partial charge on any atom is 0.320 e. The standard InChI is InChI=1S/C30H35F5N2O3S/c31-22-3-1-2-20(13-22)23-17-37(26(30(38)39)12-19-4-5-19)16-21(23)15-36-9-6-18(7-10-36)8-11-41(40)29-27(34)24(32)14-25(33)28(29)35/h1-3,13-14,18-19,21,23,26H,4-12,15-17H2,(H,38,39). The summed E-state index contributed by atoms with van der Waals surface area (Å²) in [4.78, 5) is 15.5. The van der Waals surface area contributed by atoms with Gasteiger partial charge in [-0.1, -0.05) is 25.0 Å². The molecular weight excluding hydrogens is 563 g/mol. The smallest absolute Gasteiger partial charge is 0.320 e. The van der Waals surface area contributed by atoms with E-state index in [1.165, 1.54) is 6.07 Å². The Morgan fingerprint density at radius 2 is 1.63 bits per heavy atom. The maximum atomic E-state index is 14.1. The molecule has 3 fully saturated rings. The predicted molar refractivity (Wildman–Crippen MR) is 144 cm³/mol. The number of likely N-dealkylation sites (tertiary alicyclic amines) is 2. The fraction of sp³-hybridized carbons (Fsp3) is 0.567. The van der Waals surface area contributed by atoms with Gasteiger partial charge in [0.25, 0.3) is 0 Å². The third-order valence-electron chi connectivity index (χ3n) is 8.94. The summed E-state index contributed by atoms with van der Waals surface area (Å²) in [5.41, 5.74) is 0.874. The Bertz CT molecular complexity index is 1260. The molecule has 3 aliphatic rings. The van der Waals surface area contributed by atoms with E-state index < -0.39 is 51.0 Å². The van der Waals surface area contributed by atoms with Crippen LogP contribution in [0.4, 0.5) is 22.0 Å². The second kappa shape index (κ2) is 12.9. The number of carbonyl (C=O) groups is 1. The largest absolute Gasteiger partial charge is 0.480 e. The summed E-state index contributed by atoms with van der Waals surface area (Å²) >= 11 is 0. The Morgan fingerprint density at radius 3 is 2.24 bits per heavy atom. The van der Waals surface area contributed by atoms with Crippen molar-refractivity contribution in [3.05, 3.63) is 65.0 Å². The third-order valence-corrected chi connectivity index (χ3v) is 10.4. The average molecular weight is 599 g/mol. The van der Waals surface area contributed by atoms with Gasteiger partial charge in [0.05, 0.1) is 10.8 Å². The normalized spacial score (nSPS) is 24.0. The van der Waals surface area contributed by atoms with Crippen LogP contribution in [0, 0.1) is 46.8 Å². The minimum absolute atomic E-state index is 0.00311. The molecule has 2 aliphatic heterocycles. The average Bonchev–Trinajstić information content (AvgIpc) is 3.68. The first-order valence-corrected chi connectivity index (χ1v) is 15.6. The van der Waals surface area contributed by atoms with Crippen LogP contribution in [0.5, 0.6) is 0 Å². The van der Waals surface area contributed by atoms with Crippen molar-refractivity contribution >= 4 is 16.8 Å². The van der Waals surface area contributed by atoms with Crippen molar-refractivity contribution in [2.75, 3.05) is 38.5 Å². The van der Waals surface area contributed by atoms with Crippen molar-refractivity contribution in [2.24, 2.45) is 17.8 Å². The van der Waals surface area contributed by atoms with E-state index in [2.05, 4.69) is 9.80 Å². The van der Waals surface area contributed by atoms with Gasteiger partial charge in [0, 0.05) is 37.4 Å². The lowest BCUT2D eigenvalue weighted by Crippen LogP contribution is -2.42. The fourth-order valence-electron chi connectivity index (χ4n) is 6.45. The summed E-state index contributed by atoms with van der Waals surface area (Å²) in [6.45, 7) is 3.39. The van der Waals surface area contributed by atoms with Crippen molar-refractivity contribution in [3.63, 3.8) is 0 Å². The number of nitrogens with zero attached hydrogens (tertiary/aromatic N) is 2. The molecule has 5 rings (SSSR count). The van der Waals surface area contributed by atoms with E-state index in [0.29, 0.717) is 31.8 Å². The molecule has 1 aliphatic carbocycles. The minimum atomic E-state index is -2.21. The number of rotatable bonds is 11. The van der Waals surface area contributed by atoms with E-state index in [4.69, 9.17) is 0 Å². The monoisotopic (exact) mass is 598 g/mol. The SMILES string of the molecule is O=C(O)C(CC1CC1)N1CC(CN2CCC(CCS(=O)c3c(F)c(F)cc(F)c3F)CC2)C(c2cccc(F)c2)C1. The summed E-state index contributed by atoms with van der Waals surface area (Å²) in [5, 5.41) is 9.96. The molecule has 1 N–H and O–H groups in total. The van der Waals surface area contributed by atoms with Crippen LogP contribution in [0.2, 0.25) is 0 Å². The van der Waals surface area contributed by atoms with Crippen LogP contribution in [-0.4, -0.2) is 69.6 Å². The van der Waals surface area contributed by atoms with Crippen molar-refractivity contribution < 1.29 is 36.1 Å². The van der Waals surface area contributed by atoms with Crippen LogP contribution >= 0.6 is 0 Å². The van der Waals surface area contributed by atoms with Gasteiger partial charge in [-0.3, -0.25) is 13.9 Å². The molecule has 0 amide bonds. The molecule has 1 saturated carbocycles. The van der Waals surface area contributed by atoms with E-state index in [1.807, 2.05) is 6.07 Å². The Balaban J connectivity index is 1.18. The van der Waals surface area contributed by atoms with Crippen LogP contribution in [0.15, 0.2) is 35.2 Å². The summed E-state index contributed by atoms with van der Waals surface area (Å²) < 4.78 is 81.8. The highest BCUT2D eigenvalue weighted by Gasteiger charge is 2.42. The van der Waals surface area contributed by atoms with Gasteiger partial charge in [0.1, 0.15) is 16.8 Å². The first-order chi connectivity index (χ1) is 19.6. The number of halogens is 5. The molecule has 2 aromatic carbocycles. The van der Waals surface area contributed by atoms with Crippen molar-refractivity contribution in [3.8, 4) is 0 Å². The molecule has 2 saturated heterocycles. The van der Waals surface area contributed by atoms with Crippen LogP contribution in [-0.2, 0) is 15.6 Å². The second-order valence-corrected chi connectivity index (χ2v) is 13.3. The van der Waals surface area contributed by atoms with E-state index in [1.54, 1.807) is 12.1 Å². The van der Waals surface area contributed by atoms with Crippen LogP contribution in [0.25, 0.3) is 0 Å². The number of hydrogen-bond donors (Lipinski definition) is 1. The van der Waals surface area contributed by atoms with Crippen LogP contribution < -0.4 is 0 Å². The number of hydrogen-bond acceptors (Lipinski definition) is 4. The number of carboxylic acids is 1. The Kier molecular flexibility index (Phi) is 9.45. The zero-order chi connectivity index (χ0) is 29.3. The van der Waals surface area contributed by atoms with Gasteiger partial charge in [-0.15, -0.1) is 0 Å². The molecule has 0 aromatic heterocycles. The predicted octanol–water partition coefficient (Wildman–Crippen LogP) is 5.56. The van der Waals surface area contributed by atoms with Gasteiger partial charge >= 0.3 is 5.97 Å². The highest BCUT2D eigenvalue weighted by Crippen LogP contribution is 2.40. The minimum Gasteiger partial charge on any atom is -0.480 e. The zero-order valence-electron chi connectivity index (χ0n) is 22.7. The lowest BCUT2D eigenvalue weighted by molar-refractivity contribution is -0.143. The van der Waals surface area contributed by atoms with Gasteiger partial charge in [0.15, 0.2) is 23.3 Å². The van der Waals surface area contributed by atoms with E-state index in [-0.39, 0.29) is 35.4 Å². The molecular formula is C30H35F5N2O3S. The second-order valence-electron chi connectivity index (χ2n) is 11.8. The lowest BCUT2D eigenvalue weighted by Gasteiger charge is -2.35. The third kappa shape index (κ3) is 7.17. The summed E-state index contributed by atoms with van der Waals surface area (Å²) in [6.07, 6.45) is 4.71. The highest BCUT2D eigenvalue weighted by atomic mass is 32.2. The van der Waals surface area contributed by atoms with E-state index in [9.17, 15) is 36.1 Å². The zero-order valence-corrected chi connectivity index (χ0v) is 23.5. The van der Waals surface area contributed by atoms with Gasteiger partial charge in [-0.05, 0) is 74.2 Å². The molecule has 0 bridgehead atoms. The molecule has 0 radical (unpaired) electrons. The molecule has 224 valence electrons. The lowest BCUT2D eigenvalue weighted by atomic mass is 9.87. The first kappa shape index (κ1) is 30.1. The van der Waals surface area contributed by atoms with Gasteiger partial charge in [-0.25, -0.2) is 22.0 Å². The first-order valence-electron chi connectivity index (χ1n) is 14.3. The van der Waals surface area contributed by atoms with Crippen LogP contribution in [0.1, 0.15) is 50.0 Å². The molecule has 11 heteroatoms. The molecule has 4 unspecified atom stereocenters. The van der Waals surface area contributed by atoms with E-state index in [0.717, 1.165) is 50.9 Å². The quantitative estimate of drug-likeness (QED) is 0.271. The number of piperidine rings is 1. The fourth-order valence-corrected chi connectivity index (χ4v) is 7.80. The molecule has 41 heavy (non-hydrogen) atoms. The topological polar surface area (TPSA) is 60.9 Å². The maximum absolute atomic E-state index is 14.1. The summed E-state index contributed by atoms with van der Waals surface area (Å²) in [7, 11) is -2.21. The van der Waals surface area contributed by atoms with Gasteiger partial charge < -0.3 is 10.0 Å². The van der Waals surface area contributed by atoms with Crippen molar-refractivity contribution in [1.82, 2.24) is 9.80 Å². The van der Waals surface area contributed by atoms with Crippen molar-refractivity contribution in [2.45, 2.75) is 55.4 Å². The Morgan fingerprint density at radius 1 is 0.951 bits per heavy atom. The number of aliphatic carboxylic acids is 1. The Labute approximate surface area is 239 Å². The number of benzene rings is 2. The van der Waals surface area contributed by atoms with E-state index >= 15 is 0 Å². The molecule has 2 aromatic rings. The molecule has 0 spiro atoms. The number of carboxylic acid groups (broad SMARTS) is 1. The molecule has 4 atom stereocenters.